The highest BCUT2D eigenvalue weighted by Crippen LogP contribution is 2.39. The van der Waals surface area contributed by atoms with Gasteiger partial charge in [-0.2, -0.15) is 9.97 Å². The number of benzene rings is 2. The third-order valence-electron chi connectivity index (χ3n) is 7.07. The topological polar surface area (TPSA) is 71.5 Å². The highest BCUT2D eigenvalue weighted by atomic mass is 35.5. The molecule has 3 aromatic rings. The number of nitrogens with one attached hydrogen (secondary N) is 2. The van der Waals surface area contributed by atoms with Gasteiger partial charge >= 0.3 is 0 Å². The van der Waals surface area contributed by atoms with Gasteiger partial charge in [0.15, 0.2) is 5.11 Å². The second kappa shape index (κ2) is 12.1. The molecule has 2 aliphatic rings. The largest absolute Gasteiger partial charge is 0.439 e. The summed E-state index contributed by atoms with van der Waals surface area (Å²) in [6, 6.07) is 19.7. The lowest BCUT2D eigenvalue weighted by Gasteiger charge is -2.38. The fourth-order valence-electron chi connectivity index (χ4n) is 5.08. The molecule has 0 atom stereocenters. The van der Waals surface area contributed by atoms with Crippen molar-refractivity contribution in [1.82, 2.24) is 15.3 Å². The molecule has 1 aliphatic carbocycles. The van der Waals surface area contributed by atoms with Crippen LogP contribution in [0.2, 0.25) is 5.02 Å². The number of anilines is 2. The van der Waals surface area contributed by atoms with Gasteiger partial charge in [-0.15, -0.1) is 0 Å². The van der Waals surface area contributed by atoms with Crippen LogP contribution in [0.5, 0.6) is 11.6 Å². The SMILES string of the molecule is S=C(NCC1(c2ccc(Cl)cc2)CCCCC1)Nc1nc(Oc2ccccc2)cc(N2CCOCC2)n1. The number of thiocarbonyl (C=S) groups is 1. The standard InChI is InChI=1S/C28H32ClN5O2S/c29-22-11-9-21(10-12-22)28(13-5-2-6-14-28)20-30-27(37)33-26-31-24(34-15-17-35-18-16-34)19-25(32-26)36-23-7-3-1-4-8-23/h1,3-4,7-12,19H,2,5-6,13-18,20H2,(H2,30,31,32,33,37). The van der Waals surface area contributed by atoms with E-state index >= 15 is 0 Å². The molecule has 2 fully saturated rings. The first kappa shape index (κ1) is 25.7. The first-order valence-electron chi connectivity index (χ1n) is 12.9. The van der Waals surface area contributed by atoms with Gasteiger partial charge < -0.3 is 25.0 Å². The molecule has 5 rings (SSSR count). The Kier molecular flexibility index (Phi) is 8.38. The van der Waals surface area contributed by atoms with Crippen LogP contribution in [0.25, 0.3) is 0 Å². The quantitative estimate of drug-likeness (QED) is 0.358. The van der Waals surface area contributed by atoms with Crippen molar-refractivity contribution in [3.05, 3.63) is 71.2 Å². The van der Waals surface area contributed by atoms with E-state index in [1.54, 1.807) is 0 Å². The number of rotatable bonds is 7. The van der Waals surface area contributed by atoms with E-state index in [2.05, 4.69) is 32.7 Å². The summed E-state index contributed by atoms with van der Waals surface area (Å²) in [4.78, 5) is 11.5. The van der Waals surface area contributed by atoms with E-state index in [1.165, 1.54) is 24.8 Å². The Morgan fingerprint density at radius 3 is 2.46 bits per heavy atom. The summed E-state index contributed by atoms with van der Waals surface area (Å²) < 4.78 is 11.6. The zero-order valence-corrected chi connectivity index (χ0v) is 22.4. The van der Waals surface area contributed by atoms with Crippen molar-refractivity contribution in [2.75, 3.05) is 43.1 Å². The van der Waals surface area contributed by atoms with Crippen molar-refractivity contribution in [2.45, 2.75) is 37.5 Å². The first-order chi connectivity index (χ1) is 18.1. The number of hydrogen-bond acceptors (Lipinski definition) is 6. The molecule has 194 valence electrons. The predicted molar refractivity (Wildman–Crippen MR) is 152 cm³/mol. The number of nitrogens with zero attached hydrogens (tertiary/aromatic N) is 3. The van der Waals surface area contributed by atoms with Crippen LogP contribution in [0, 0.1) is 0 Å². The van der Waals surface area contributed by atoms with Crippen LogP contribution in [0.4, 0.5) is 11.8 Å². The molecular formula is C28H32ClN5O2S. The molecule has 0 amide bonds. The molecule has 2 N–H and O–H groups in total. The molecule has 1 aromatic heterocycles. The van der Waals surface area contributed by atoms with Gasteiger partial charge in [-0.05, 0) is 54.9 Å². The third kappa shape index (κ3) is 6.69. The Hall–Kier alpha value is -2.94. The number of para-hydroxylation sites is 1. The minimum atomic E-state index is 0.0205. The zero-order valence-electron chi connectivity index (χ0n) is 20.8. The Labute approximate surface area is 228 Å². The monoisotopic (exact) mass is 537 g/mol. The number of morpholine rings is 1. The predicted octanol–water partition coefficient (Wildman–Crippen LogP) is 5.95. The first-order valence-corrected chi connectivity index (χ1v) is 13.6. The summed E-state index contributed by atoms with van der Waals surface area (Å²) in [7, 11) is 0. The molecule has 1 saturated heterocycles. The van der Waals surface area contributed by atoms with Gasteiger partial charge in [-0.1, -0.05) is 61.2 Å². The van der Waals surface area contributed by atoms with E-state index < -0.39 is 0 Å². The van der Waals surface area contributed by atoms with Crippen molar-refractivity contribution in [3.8, 4) is 11.6 Å². The molecule has 7 nitrogen and oxygen atoms in total. The number of hydrogen-bond donors (Lipinski definition) is 2. The van der Waals surface area contributed by atoms with Crippen LogP contribution in [0.1, 0.15) is 37.7 Å². The molecule has 9 heteroatoms. The average Bonchev–Trinajstić information content (AvgIpc) is 2.94. The fraction of sp³-hybridized carbons (Fsp3) is 0.393. The Morgan fingerprint density at radius 1 is 1.00 bits per heavy atom. The fourth-order valence-corrected chi connectivity index (χ4v) is 5.37. The van der Waals surface area contributed by atoms with Gasteiger partial charge in [0.2, 0.25) is 11.8 Å². The smallest absolute Gasteiger partial charge is 0.234 e. The van der Waals surface area contributed by atoms with Crippen LogP contribution in [-0.4, -0.2) is 47.9 Å². The van der Waals surface area contributed by atoms with Crippen LogP contribution >= 0.6 is 23.8 Å². The van der Waals surface area contributed by atoms with Gasteiger partial charge in [0.05, 0.1) is 13.2 Å². The van der Waals surface area contributed by atoms with Crippen LogP contribution < -0.4 is 20.3 Å². The highest BCUT2D eigenvalue weighted by Gasteiger charge is 2.34. The molecule has 37 heavy (non-hydrogen) atoms. The average molecular weight is 538 g/mol. The summed E-state index contributed by atoms with van der Waals surface area (Å²) in [5.41, 5.74) is 1.32. The van der Waals surface area contributed by atoms with E-state index in [0.29, 0.717) is 35.9 Å². The molecule has 2 heterocycles. The van der Waals surface area contributed by atoms with Crippen molar-refractivity contribution >= 4 is 40.7 Å². The summed E-state index contributed by atoms with van der Waals surface area (Å²) in [5.74, 6) is 2.34. The zero-order chi connectivity index (χ0) is 25.5. The lowest BCUT2D eigenvalue weighted by Crippen LogP contribution is -2.43. The van der Waals surface area contributed by atoms with E-state index in [9.17, 15) is 0 Å². The molecule has 0 bridgehead atoms. The highest BCUT2D eigenvalue weighted by molar-refractivity contribution is 7.80. The minimum absolute atomic E-state index is 0.0205. The number of aromatic nitrogens is 2. The van der Waals surface area contributed by atoms with E-state index in [-0.39, 0.29) is 5.41 Å². The second-order valence-electron chi connectivity index (χ2n) is 9.56. The molecule has 0 unspecified atom stereocenters. The molecule has 0 spiro atoms. The molecule has 1 aliphatic heterocycles. The van der Waals surface area contributed by atoms with Gasteiger partial charge in [0.1, 0.15) is 11.6 Å². The molecule has 2 aromatic carbocycles. The van der Waals surface area contributed by atoms with Crippen LogP contribution in [0.3, 0.4) is 0 Å². The van der Waals surface area contributed by atoms with Crippen molar-refractivity contribution in [3.63, 3.8) is 0 Å². The normalized spacial score (nSPS) is 17.2. The van der Waals surface area contributed by atoms with E-state index in [4.69, 9.17) is 38.3 Å². The van der Waals surface area contributed by atoms with Crippen LogP contribution in [0.15, 0.2) is 60.7 Å². The molecule has 0 radical (unpaired) electrons. The molecular weight excluding hydrogens is 506 g/mol. The number of ether oxygens (including phenoxy) is 2. The summed E-state index contributed by atoms with van der Waals surface area (Å²) >= 11 is 11.9. The van der Waals surface area contributed by atoms with Crippen molar-refractivity contribution in [1.29, 1.82) is 0 Å². The maximum absolute atomic E-state index is 6.17. The Bertz CT molecular complexity index is 1180. The Balaban J connectivity index is 1.32. The van der Waals surface area contributed by atoms with Gasteiger partial charge in [-0.3, -0.25) is 0 Å². The number of halogens is 1. The Morgan fingerprint density at radius 2 is 1.73 bits per heavy atom. The third-order valence-corrected chi connectivity index (χ3v) is 7.57. The minimum Gasteiger partial charge on any atom is -0.439 e. The second-order valence-corrected chi connectivity index (χ2v) is 10.4. The van der Waals surface area contributed by atoms with Crippen molar-refractivity contribution in [2.24, 2.45) is 0 Å². The molecule has 1 saturated carbocycles. The lowest BCUT2D eigenvalue weighted by molar-refractivity contribution is 0.122. The van der Waals surface area contributed by atoms with Crippen LogP contribution in [-0.2, 0) is 10.2 Å². The summed E-state index contributed by atoms with van der Waals surface area (Å²) in [6.45, 7) is 3.57. The summed E-state index contributed by atoms with van der Waals surface area (Å²) in [6.07, 6.45) is 5.90. The van der Waals surface area contributed by atoms with Crippen molar-refractivity contribution < 1.29 is 9.47 Å². The lowest BCUT2D eigenvalue weighted by atomic mass is 9.69. The van der Waals surface area contributed by atoms with E-state index in [1.807, 2.05) is 48.5 Å². The maximum atomic E-state index is 6.17. The van der Waals surface area contributed by atoms with Gasteiger partial charge in [-0.25, -0.2) is 0 Å². The van der Waals surface area contributed by atoms with Gasteiger partial charge in [0.25, 0.3) is 0 Å². The maximum Gasteiger partial charge on any atom is 0.234 e. The van der Waals surface area contributed by atoms with E-state index in [0.717, 1.165) is 43.3 Å². The van der Waals surface area contributed by atoms with Gasteiger partial charge in [0, 0.05) is 36.1 Å². The summed E-state index contributed by atoms with van der Waals surface area (Å²) in [5, 5.41) is 7.90.